The van der Waals surface area contributed by atoms with Crippen LogP contribution in [0.4, 0.5) is 0 Å². The van der Waals surface area contributed by atoms with E-state index in [0.29, 0.717) is 12.3 Å². The number of aromatic nitrogens is 3. The Bertz CT molecular complexity index is 1500. The molecule has 10 heteroatoms. The molecule has 0 aromatic carbocycles. The molecule has 5 rings (SSSR count). The zero-order chi connectivity index (χ0) is 25.4. The van der Waals surface area contributed by atoms with Crippen LogP contribution in [0.25, 0.3) is 23.5 Å². The Labute approximate surface area is 209 Å². The minimum atomic E-state index is -3.41. The van der Waals surface area contributed by atoms with Gasteiger partial charge in [-0.15, -0.1) is 0 Å². The van der Waals surface area contributed by atoms with Crippen molar-refractivity contribution in [2.24, 2.45) is 5.92 Å². The summed E-state index contributed by atoms with van der Waals surface area (Å²) < 4.78 is 29.9. The number of amides is 1. The monoisotopic (exact) mass is 508 g/mol. The molecular weight excluding hydrogens is 480 g/mol. The number of nitrogens with one attached hydrogen (secondary N) is 1. The summed E-state index contributed by atoms with van der Waals surface area (Å²) in [7, 11) is -3.41. The molecule has 2 unspecified atom stereocenters. The van der Waals surface area contributed by atoms with E-state index in [-0.39, 0.29) is 35.6 Å². The second-order valence-corrected chi connectivity index (χ2v) is 11.2. The van der Waals surface area contributed by atoms with Crippen molar-refractivity contribution in [1.29, 1.82) is 0 Å². The Morgan fingerprint density at radius 2 is 2.03 bits per heavy atom. The third-order valence-electron chi connectivity index (χ3n) is 6.76. The first kappa shape index (κ1) is 24.2. The van der Waals surface area contributed by atoms with E-state index in [1.54, 1.807) is 19.2 Å². The molecule has 0 saturated carbocycles. The molecule has 0 radical (unpaired) electrons. The van der Waals surface area contributed by atoms with Crippen LogP contribution in [0, 0.1) is 5.92 Å². The number of aromatic amines is 1. The van der Waals surface area contributed by atoms with Gasteiger partial charge >= 0.3 is 0 Å². The first-order chi connectivity index (χ1) is 17.2. The minimum absolute atomic E-state index is 0.0126. The van der Waals surface area contributed by atoms with E-state index in [9.17, 15) is 18.3 Å². The highest BCUT2D eigenvalue weighted by molar-refractivity contribution is 7.90. The van der Waals surface area contributed by atoms with Crippen LogP contribution in [0.1, 0.15) is 25.3 Å². The van der Waals surface area contributed by atoms with Crippen molar-refractivity contribution in [1.82, 2.24) is 19.9 Å². The number of carbonyl (C=O) groups excluding carboxylic acids is 1. The highest BCUT2D eigenvalue weighted by atomic mass is 32.2. The predicted molar refractivity (Wildman–Crippen MR) is 134 cm³/mol. The number of hydrogen-bond acceptors (Lipinski definition) is 7. The smallest absolute Gasteiger partial charge is 0.219 e. The molecular formula is C26H28N4O5S. The molecule has 1 aliphatic carbocycles. The number of aliphatic hydroxyl groups is 1. The van der Waals surface area contributed by atoms with Gasteiger partial charge in [-0.3, -0.25) is 9.78 Å². The Balaban J connectivity index is 1.53. The third kappa shape index (κ3) is 4.78. The van der Waals surface area contributed by atoms with Crippen molar-refractivity contribution in [2.75, 3.05) is 12.8 Å². The molecule has 188 valence electrons. The number of likely N-dealkylation sites (tertiary alicyclic amines) is 1. The molecule has 3 aromatic heterocycles. The molecule has 4 heterocycles. The fourth-order valence-corrected chi connectivity index (χ4v) is 5.55. The average molecular weight is 509 g/mol. The molecule has 3 aromatic rings. The molecule has 3 atom stereocenters. The number of rotatable bonds is 6. The van der Waals surface area contributed by atoms with Gasteiger partial charge in [-0.05, 0) is 54.0 Å². The lowest BCUT2D eigenvalue weighted by molar-refractivity contribution is -0.130. The summed E-state index contributed by atoms with van der Waals surface area (Å²) >= 11 is 0. The number of aliphatic hydroxyl groups excluding tert-OH is 1. The van der Waals surface area contributed by atoms with E-state index in [1.807, 2.05) is 29.2 Å². The lowest BCUT2D eigenvalue weighted by atomic mass is 9.88. The number of H-pyrrole nitrogens is 1. The van der Waals surface area contributed by atoms with Gasteiger partial charge in [0.2, 0.25) is 5.91 Å². The Morgan fingerprint density at radius 1 is 1.19 bits per heavy atom. The number of carbonyl (C=O) groups is 1. The number of fused-ring (bicyclic) bond motifs is 1. The first-order valence-corrected chi connectivity index (χ1v) is 13.7. The third-order valence-corrected chi connectivity index (χ3v) is 7.76. The summed E-state index contributed by atoms with van der Waals surface area (Å²) in [4.78, 5) is 26.2. The predicted octanol–water partition coefficient (Wildman–Crippen LogP) is 1.02. The van der Waals surface area contributed by atoms with E-state index in [1.165, 1.54) is 12.3 Å². The van der Waals surface area contributed by atoms with Crippen molar-refractivity contribution >= 4 is 27.9 Å². The fraction of sp³-hybridized carbons (Fsp3) is 0.346. The van der Waals surface area contributed by atoms with Gasteiger partial charge in [-0.25, -0.2) is 13.4 Å². The van der Waals surface area contributed by atoms with E-state index in [4.69, 9.17) is 4.74 Å². The van der Waals surface area contributed by atoms with Crippen molar-refractivity contribution in [3.05, 3.63) is 58.9 Å². The molecule has 1 aliphatic heterocycles. The summed E-state index contributed by atoms with van der Waals surface area (Å²) in [6.07, 6.45) is 9.74. The Hall–Kier alpha value is -3.50. The normalized spacial score (nSPS) is 21.4. The van der Waals surface area contributed by atoms with Crippen LogP contribution in [0.2, 0.25) is 0 Å². The van der Waals surface area contributed by atoms with Crippen LogP contribution in [-0.2, 0) is 21.2 Å². The SMILES string of the molecule is CC(=O)N1CCC[C@@H]1C1C=c2[nH]c(-c3ccc(CO)cn3)cc2=CC1Oc1ccc(S(C)(=O)=O)nc1. The molecule has 1 fully saturated rings. The maximum atomic E-state index is 12.3. The van der Waals surface area contributed by atoms with Crippen molar-refractivity contribution in [3.8, 4) is 17.1 Å². The molecule has 2 N–H and O–H groups in total. The van der Waals surface area contributed by atoms with Gasteiger partial charge in [-0.1, -0.05) is 12.1 Å². The standard InChI is InChI=1S/C26H28N4O5S/c1-16(32)30-9-3-4-24(30)20-12-22-18(10-23(29-22)21-7-5-17(15-31)13-27-21)11-25(20)35-19-6-8-26(28-14-19)36(2,33)34/h5-8,10-14,20,24-25,29,31H,3-4,9,15H2,1-2H3/t20?,24-,25?/m1/s1. The van der Waals surface area contributed by atoms with Gasteiger partial charge in [0, 0.05) is 43.2 Å². The molecule has 2 aliphatic rings. The quantitative estimate of drug-likeness (QED) is 0.509. The second-order valence-electron chi connectivity index (χ2n) is 9.28. The molecule has 9 nitrogen and oxygen atoms in total. The van der Waals surface area contributed by atoms with Gasteiger partial charge < -0.3 is 19.7 Å². The minimum Gasteiger partial charge on any atom is -0.484 e. The van der Waals surface area contributed by atoms with Crippen molar-refractivity contribution in [2.45, 2.75) is 43.5 Å². The van der Waals surface area contributed by atoms with Gasteiger partial charge in [0.15, 0.2) is 14.9 Å². The molecule has 0 bridgehead atoms. The van der Waals surface area contributed by atoms with Gasteiger partial charge in [0.1, 0.15) is 11.9 Å². The molecule has 1 amide bonds. The summed E-state index contributed by atoms with van der Waals surface area (Å²) in [6.45, 7) is 2.24. The first-order valence-electron chi connectivity index (χ1n) is 11.8. The zero-order valence-electron chi connectivity index (χ0n) is 20.1. The van der Waals surface area contributed by atoms with Gasteiger partial charge in [0.25, 0.3) is 0 Å². The number of sulfone groups is 1. The van der Waals surface area contributed by atoms with E-state index < -0.39 is 9.84 Å². The summed E-state index contributed by atoms with van der Waals surface area (Å²) in [5, 5.41) is 11.2. The average Bonchev–Trinajstić information content (AvgIpc) is 3.50. The van der Waals surface area contributed by atoms with Gasteiger partial charge in [0.05, 0.1) is 24.2 Å². The van der Waals surface area contributed by atoms with Crippen LogP contribution in [0.5, 0.6) is 5.75 Å². The van der Waals surface area contributed by atoms with Gasteiger partial charge in [-0.2, -0.15) is 0 Å². The van der Waals surface area contributed by atoms with Crippen LogP contribution in [0.15, 0.2) is 47.8 Å². The molecule has 1 saturated heterocycles. The largest absolute Gasteiger partial charge is 0.484 e. The molecule has 0 spiro atoms. The zero-order valence-corrected chi connectivity index (χ0v) is 20.9. The van der Waals surface area contributed by atoms with Crippen molar-refractivity contribution in [3.63, 3.8) is 0 Å². The second kappa shape index (κ2) is 9.51. The number of hydrogen-bond donors (Lipinski definition) is 2. The lowest BCUT2D eigenvalue weighted by Gasteiger charge is -2.34. The van der Waals surface area contributed by atoms with Crippen LogP contribution in [-0.4, -0.2) is 64.2 Å². The Kier molecular flexibility index (Phi) is 6.40. The Morgan fingerprint density at radius 3 is 2.67 bits per heavy atom. The highest BCUT2D eigenvalue weighted by Gasteiger charge is 2.38. The summed E-state index contributed by atoms with van der Waals surface area (Å²) in [5.74, 6) is 0.375. The lowest BCUT2D eigenvalue weighted by Crippen LogP contribution is -2.47. The summed E-state index contributed by atoms with van der Waals surface area (Å²) in [6, 6.07) is 8.72. The van der Waals surface area contributed by atoms with E-state index in [2.05, 4.69) is 21.0 Å². The van der Waals surface area contributed by atoms with Crippen LogP contribution < -0.4 is 15.3 Å². The van der Waals surface area contributed by atoms with Crippen LogP contribution in [0.3, 0.4) is 0 Å². The van der Waals surface area contributed by atoms with E-state index in [0.717, 1.165) is 46.6 Å². The fourth-order valence-electron chi connectivity index (χ4n) is 4.99. The molecule has 36 heavy (non-hydrogen) atoms. The van der Waals surface area contributed by atoms with E-state index >= 15 is 0 Å². The van der Waals surface area contributed by atoms with Crippen molar-refractivity contribution < 1.29 is 23.1 Å². The maximum absolute atomic E-state index is 12.3. The summed E-state index contributed by atoms with van der Waals surface area (Å²) in [5.41, 5.74) is 2.33. The topological polar surface area (TPSA) is 125 Å². The number of nitrogens with zero attached hydrogens (tertiary/aromatic N) is 3. The van der Waals surface area contributed by atoms with Crippen LogP contribution >= 0.6 is 0 Å². The number of pyridine rings is 2. The highest BCUT2D eigenvalue weighted by Crippen LogP contribution is 2.31. The number of ether oxygens (including phenoxy) is 1. The maximum Gasteiger partial charge on any atom is 0.219 e.